The Hall–Kier alpha value is -2.08. The Morgan fingerprint density at radius 3 is 2.50 bits per heavy atom. The molecule has 0 fully saturated rings. The smallest absolute Gasteiger partial charge is 0.293 e. The van der Waals surface area contributed by atoms with E-state index in [1.807, 2.05) is 6.92 Å². The van der Waals surface area contributed by atoms with Gasteiger partial charge in [0, 0.05) is 16.6 Å². The van der Waals surface area contributed by atoms with Gasteiger partial charge in [-0.1, -0.05) is 28.1 Å². The van der Waals surface area contributed by atoms with Gasteiger partial charge in [0.2, 0.25) is 0 Å². The number of rotatable bonds is 4. The van der Waals surface area contributed by atoms with E-state index in [2.05, 4.69) is 21.2 Å². The molecule has 0 bridgehead atoms. The van der Waals surface area contributed by atoms with Crippen LogP contribution in [0.1, 0.15) is 18.5 Å². The molecule has 2 N–H and O–H groups in total. The molecule has 104 valence electrons. The third kappa shape index (κ3) is 3.27. The number of nitrogens with zero attached hydrogens (tertiary/aromatic N) is 1. The van der Waals surface area contributed by atoms with E-state index in [1.165, 1.54) is 6.07 Å². The van der Waals surface area contributed by atoms with Crippen molar-refractivity contribution >= 4 is 27.3 Å². The summed E-state index contributed by atoms with van der Waals surface area (Å²) in [5.41, 5.74) is 1.41. The lowest BCUT2D eigenvalue weighted by atomic mass is 10.1. The molecule has 0 aliphatic heterocycles. The zero-order chi connectivity index (χ0) is 14.7. The van der Waals surface area contributed by atoms with Gasteiger partial charge in [0.15, 0.2) is 0 Å². The number of nitro benzene ring substituents is 1. The quantitative estimate of drug-likeness (QED) is 0.646. The summed E-state index contributed by atoms with van der Waals surface area (Å²) in [5, 5.41) is 23.4. The van der Waals surface area contributed by atoms with E-state index < -0.39 is 4.92 Å². The molecule has 2 rings (SSSR count). The highest BCUT2D eigenvalue weighted by Crippen LogP contribution is 2.31. The Morgan fingerprint density at radius 1 is 1.25 bits per heavy atom. The standard InChI is InChI=1S/C14H13BrN2O3/c1-9(10-2-5-12(18)6-3-10)16-13-7-4-11(15)8-14(13)17(19)20/h2-9,16,18H,1H3. The van der Waals surface area contributed by atoms with Crippen molar-refractivity contribution in [1.82, 2.24) is 0 Å². The number of phenols is 1. The van der Waals surface area contributed by atoms with Gasteiger partial charge in [0.05, 0.1) is 4.92 Å². The van der Waals surface area contributed by atoms with E-state index >= 15 is 0 Å². The van der Waals surface area contributed by atoms with E-state index in [1.54, 1.807) is 36.4 Å². The lowest BCUT2D eigenvalue weighted by molar-refractivity contribution is -0.384. The highest BCUT2D eigenvalue weighted by molar-refractivity contribution is 9.10. The summed E-state index contributed by atoms with van der Waals surface area (Å²) in [6.45, 7) is 1.90. The van der Waals surface area contributed by atoms with Crippen molar-refractivity contribution in [1.29, 1.82) is 0 Å². The highest BCUT2D eigenvalue weighted by Gasteiger charge is 2.16. The SMILES string of the molecule is CC(Nc1ccc(Br)cc1[N+](=O)[O-])c1ccc(O)cc1. The Bertz CT molecular complexity index is 629. The summed E-state index contributed by atoms with van der Waals surface area (Å²) in [6, 6.07) is 11.5. The summed E-state index contributed by atoms with van der Waals surface area (Å²) < 4.78 is 0.659. The largest absolute Gasteiger partial charge is 0.508 e. The molecular weight excluding hydrogens is 324 g/mol. The number of nitrogens with one attached hydrogen (secondary N) is 1. The fraction of sp³-hybridized carbons (Fsp3) is 0.143. The predicted octanol–water partition coefficient (Wildman–Crippen LogP) is 4.24. The molecule has 1 atom stereocenters. The van der Waals surface area contributed by atoms with Crippen molar-refractivity contribution < 1.29 is 10.0 Å². The zero-order valence-corrected chi connectivity index (χ0v) is 12.3. The van der Waals surface area contributed by atoms with E-state index in [-0.39, 0.29) is 17.5 Å². The maximum absolute atomic E-state index is 11.0. The maximum atomic E-state index is 11.0. The first-order valence-electron chi connectivity index (χ1n) is 5.97. The molecule has 0 aliphatic carbocycles. The topological polar surface area (TPSA) is 75.4 Å². The molecule has 0 spiro atoms. The molecule has 0 aliphatic rings. The summed E-state index contributed by atoms with van der Waals surface area (Å²) in [6.07, 6.45) is 0. The molecule has 5 nitrogen and oxygen atoms in total. The molecule has 2 aromatic rings. The van der Waals surface area contributed by atoms with Crippen LogP contribution in [0.5, 0.6) is 5.75 Å². The Kier molecular flexibility index (Phi) is 4.24. The minimum atomic E-state index is -0.420. The number of hydrogen-bond donors (Lipinski definition) is 2. The monoisotopic (exact) mass is 336 g/mol. The van der Waals surface area contributed by atoms with Crippen LogP contribution in [0.2, 0.25) is 0 Å². The molecule has 6 heteroatoms. The Balaban J connectivity index is 2.25. The summed E-state index contributed by atoms with van der Waals surface area (Å²) >= 11 is 3.22. The average Bonchev–Trinajstić information content (AvgIpc) is 2.41. The lowest BCUT2D eigenvalue weighted by Gasteiger charge is -2.16. The van der Waals surface area contributed by atoms with Gasteiger partial charge >= 0.3 is 0 Å². The van der Waals surface area contributed by atoms with Gasteiger partial charge in [-0.25, -0.2) is 0 Å². The zero-order valence-electron chi connectivity index (χ0n) is 10.7. The van der Waals surface area contributed by atoms with Crippen LogP contribution in [-0.2, 0) is 0 Å². The fourth-order valence-corrected chi connectivity index (χ4v) is 2.21. The van der Waals surface area contributed by atoms with E-state index in [0.29, 0.717) is 10.2 Å². The Morgan fingerprint density at radius 2 is 1.90 bits per heavy atom. The second-order valence-corrected chi connectivity index (χ2v) is 5.29. The molecular formula is C14H13BrN2O3. The van der Waals surface area contributed by atoms with Gasteiger partial charge in [0.25, 0.3) is 5.69 Å². The minimum absolute atomic E-state index is 0.0185. The number of halogens is 1. The molecule has 0 saturated carbocycles. The second kappa shape index (κ2) is 5.92. The van der Waals surface area contributed by atoms with Gasteiger partial charge in [-0.2, -0.15) is 0 Å². The van der Waals surface area contributed by atoms with Gasteiger partial charge in [-0.3, -0.25) is 10.1 Å². The van der Waals surface area contributed by atoms with E-state index in [4.69, 9.17) is 0 Å². The van der Waals surface area contributed by atoms with E-state index in [9.17, 15) is 15.2 Å². The van der Waals surface area contributed by atoms with Gasteiger partial charge in [-0.05, 0) is 36.8 Å². The molecule has 20 heavy (non-hydrogen) atoms. The summed E-state index contributed by atoms with van der Waals surface area (Å²) in [5.74, 6) is 0.190. The molecule has 0 heterocycles. The van der Waals surface area contributed by atoms with Crippen LogP contribution in [0.25, 0.3) is 0 Å². The molecule has 0 saturated heterocycles. The van der Waals surface area contributed by atoms with Crippen molar-refractivity contribution in [2.24, 2.45) is 0 Å². The highest BCUT2D eigenvalue weighted by atomic mass is 79.9. The lowest BCUT2D eigenvalue weighted by Crippen LogP contribution is -2.08. The van der Waals surface area contributed by atoms with Crippen LogP contribution in [0.3, 0.4) is 0 Å². The average molecular weight is 337 g/mol. The number of benzene rings is 2. The number of hydrogen-bond acceptors (Lipinski definition) is 4. The molecule has 0 amide bonds. The van der Waals surface area contributed by atoms with Crippen molar-refractivity contribution in [3.05, 3.63) is 62.6 Å². The van der Waals surface area contributed by atoms with Crippen LogP contribution in [0.4, 0.5) is 11.4 Å². The van der Waals surface area contributed by atoms with Crippen molar-refractivity contribution in [2.75, 3.05) is 5.32 Å². The predicted molar refractivity (Wildman–Crippen MR) is 80.9 cm³/mol. The molecule has 0 radical (unpaired) electrons. The van der Waals surface area contributed by atoms with Crippen LogP contribution in [-0.4, -0.2) is 10.0 Å². The van der Waals surface area contributed by atoms with Crippen LogP contribution < -0.4 is 5.32 Å². The first kappa shape index (κ1) is 14.3. The summed E-state index contributed by atoms with van der Waals surface area (Å²) in [4.78, 5) is 10.6. The van der Waals surface area contributed by atoms with Crippen molar-refractivity contribution in [3.63, 3.8) is 0 Å². The van der Waals surface area contributed by atoms with Crippen molar-refractivity contribution in [3.8, 4) is 5.75 Å². The third-order valence-corrected chi connectivity index (χ3v) is 3.41. The summed E-state index contributed by atoms with van der Waals surface area (Å²) in [7, 11) is 0. The minimum Gasteiger partial charge on any atom is -0.508 e. The fourth-order valence-electron chi connectivity index (χ4n) is 1.86. The van der Waals surface area contributed by atoms with Crippen LogP contribution in [0.15, 0.2) is 46.9 Å². The number of anilines is 1. The van der Waals surface area contributed by atoms with Gasteiger partial charge in [-0.15, -0.1) is 0 Å². The van der Waals surface area contributed by atoms with Crippen LogP contribution >= 0.6 is 15.9 Å². The van der Waals surface area contributed by atoms with Crippen molar-refractivity contribution in [2.45, 2.75) is 13.0 Å². The molecule has 2 aromatic carbocycles. The maximum Gasteiger partial charge on any atom is 0.293 e. The number of aromatic hydroxyl groups is 1. The van der Waals surface area contributed by atoms with Crippen LogP contribution in [0, 0.1) is 10.1 Å². The number of phenolic OH excluding ortho intramolecular Hbond substituents is 1. The van der Waals surface area contributed by atoms with Gasteiger partial charge in [0.1, 0.15) is 11.4 Å². The first-order valence-corrected chi connectivity index (χ1v) is 6.76. The first-order chi connectivity index (χ1) is 9.47. The number of nitro groups is 1. The molecule has 0 aromatic heterocycles. The van der Waals surface area contributed by atoms with E-state index in [0.717, 1.165) is 5.56 Å². The Labute approximate surface area is 124 Å². The molecule has 1 unspecified atom stereocenters. The normalized spacial score (nSPS) is 11.9. The van der Waals surface area contributed by atoms with Gasteiger partial charge < -0.3 is 10.4 Å². The second-order valence-electron chi connectivity index (χ2n) is 4.38. The third-order valence-electron chi connectivity index (χ3n) is 2.92.